The van der Waals surface area contributed by atoms with Crippen LogP contribution in [-0.4, -0.2) is 24.5 Å². The number of rotatable bonds is 5. The Morgan fingerprint density at radius 3 is 1.96 bits per heavy atom. The molecule has 7 heteroatoms. The quantitative estimate of drug-likeness (QED) is 0.829. The van der Waals surface area contributed by atoms with Crippen molar-refractivity contribution in [3.8, 4) is 0 Å². The highest BCUT2D eigenvalue weighted by atomic mass is 19.3. The van der Waals surface area contributed by atoms with Crippen LogP contribution in [0.15, 0.2) is 6.33 Å². The van der Waals surface area contributed by atoms with E-state index < -0.39 is 6.43 Å². The molecule has 0 fully saturated rings. The summed E-state index contributed by atoms with van der Waals surface area (Å²) in [5.74, 6) is 1.01. The second-order valence-electron chi connectivity index (χ2n) is 6.93. The lowest BCUT2D eigenvalue weighted by Crippen LogP contribution is -2.03. The van der Waals surface area contributed by atoms with E-state index in [1.165, 1.54) is 18.4 Å². The van der Waals surface area contributed by atoms with E-state index in [-0.39, 0.29) is 5.69 Å². The number of halogens is 2. The van der Waals surface area contributed by atoms with Gasteiger partial charge >= 0.3 is 0 Å². The summed E-state index contributed by atoms with van der Waals surface area (Å²) in [4.78, 5) is 4.32. The van der Waals surface area contributed by atoms with Crippen LogP contribution in [0.3, 0.4) is 0 Å². The fourth-order valence-corrected chi connectivity index (χ4v) is 2.33. The van der Waals surface area contributed by atoms with Crippen LogP contribution in [0.2, 0.25) is 0 Å². The highest BCUT2D eigenvalue weighted by Crippen LogP contribution is 2.22. The molecule has 24 heavy (non-hydrogen) atoms. The number of imidazole rings is 1. The average Bonchev–Trinajstić information content (AvgIpc) is 2.96. The molecular weight excluding hydrogens is 312 g/mol. The maximum absolute atomic E-state index is 12.5. The molecule has 2 aromatic heterocycles. The van der Waals surface area contributed by atoms with Crippen molar-refractivity contribution in [1.29, 1.82) is 0 Å². The summed E-state index contributed by atoms with van der Waals surface area (Å²) in [5.41, 5.74) is 2.88. The van der Waals surface area contributed by atoms with Crippen LogP contribution in [0.1, 0.15) is 56.9 Å². The van der Waals surface area contributed by atoms with E-state index in [1.54, 1.807) is 0 Å². The van der Waals surface area contributed by atoms with Gasteiger partial charge in [0.25, 0.3) is 6.43 Å². The smallest absolute Gasteiger partial charge is 0.281 e. The summed E-state index contributed by atoms with van der Waals surface area (Å²) in [5, 5.41) is 7.29. The van der Waals surface area contributed by atoms with Crippen LogP contribution in [0.4, 0.5) is 8.78 Å². The monoisotopic (exact) mass is 341 g/mol. The molecule has 136 valence electrons. The van der Waals surface area contributed by atoms with Crippen LogP contribution < -0.4 is 0 Å². The zero-order valence-electron chi connectivity index (χ0n) is 15.7. The highest BCUT2D eigenvalue weighted by Gasteiger charge is 2.20. The Labute approximate surface area is 143 Å². The van der Waals surface area contributed by atoms with Crippen molar-refractivity contribution in [2.75, 3.05) is 0 Å². The largest absolute Gasteiger partial charge is 0.338 e. The second-order valence-corrected chi connectivity index (χ2v) is 6.93. The first-order valence-corrected chi connectivity index (χ1v) is 8.26. The predicted octanol–water partition coefficient (Wildman–Crippen LogP) is 3.88. The molecule has 0 radical (unpaired) electrons. The van der Waals surface area contributed by atoms with Crippen molar-refractivity contribution in [3.63, 3.8) is 0 Å². The first-order valence-electron chi connectivity index (χ1n) is 8.26. The summed E-state index contributed by atoms with van der Waals surface area (Å²) in [6, 6.07) is 0. The normalized spacial score (nSPS) is 11.3. The third kappa shape index (κ3) is 5.69. The lowest BCUT2D eigenvalue weighted by molar-refractivity contribution is 0.139. The van der Waals surface area contributed by atoms with Gasteiger partial charge in [0.15, 0.2) is 0 Å². The van der Waals surface area contributed by atoms with Crippen molar-refractivity contribution in [3.05, 3.63) is 29.1 Å². The van der Waals surface area contributed by atoms with Gasteiger partial charge in [0.2, 0.25) is 0 Å². The zero-order valence-corrected chi connectivity index (χ0v) is 15.7. The first kappa shape index (κ1) is 20.3. The van der Waals surface area contributed by atoms with Crippen LogP contribution in [0, 0.1) is 18.8 Å². The van der Waals surface area contributed by atoms with Crippen LogP contribution in [-0.2, 0) is 26.9 Å². The van der Waals surface area contributed by atoms with Gasteiger partial charge in [-0.1, -0.05) is 32.9 Å². The molecule has 0 bridgehead atoms. The number of aromatic nitrogens is 5. The minimum Gasteiger partial charge on any atom is -0.338 e. The molecule has 0 saturated carbocycles. The Morgan fingerprint density at radius 1 is 1.00 bits per heavy atom. The van der Waals surface area contributed by atoms with E-state index in [0.717, 1.165) is 11.1 Å². The van der Waals surface area contributed by atoms with Gasteiger partial charge in [0.1, 0.15) is 5.69 Å². The number of alkyl halides is 2. The Hall–Kier alpha value is -1.79. The summed E-state index contributed by atoms with van der Waals surface area (Å²) >= 11 is 0. The minimum atomic E-state index is -2.49. The molecule has 0 spiro atoms. The van der Waals surface area contributed by atoms with Gasteiger partial charge in [-0.2, -0.15) is 0 Å². The van der Waals surface area contributed by atoms with Crippen LogP contribution in [0.25, 0.3) is 0 Å². The molecule has 2 heterocycles. The number of aryl methyl sites for hydroxylation is 2. The summed E-state index contributed by atoms with van der Waals surface area (Å²) in [7, 11) is 3.52. The average molecular weight is 341 g/mol. The summed E-state index contributed by atoms with van der Waals surface area (Å²) in [6.07, 6.45) is 1.03. The molecule has 5 nitrogen and oxygen atoms in total. The van der Waals surface area contributed by atoms with E-state index >= 15 is 0 Å². The van der Waals surface area contributed by atoms with Gasteiger partial charge in [-0.05, 0) is 31.6 Å². The molecule has 0 aliphatic carbocycles. The molecule has 0 aliphatic rings. The zero-order chi connectivity index (χ0) is 18.4. The molecule has 0 saturated heterocycles. The van der Waals surface area contributed by atoms with E-state index in [4.69, 9.17) is 0 Å². The highest BCUT2D eigenvalue weighted by molar-refractivity contribution is 5.12. The molecule has 0 atom stereocenters. The lowest BCUT2D eigenvalue weighted by Gasteiger charge is -2.04. The summed E-state index contributed by atoms with van der Waals surface area (Å²) < 4.78 is 28.2. The number of hydrogen-bond donors (Lipinski definition) is 0. The van der Waals surface area contributed by atoms with Crippen molar-refractivity contribution >= 4 is 0 Å². The fraction of sp³-hybridized carbons (Fsp3) is 0.706. The van der Waals surface area contributed by atoms with Gasteiger partial charge in [0, 0.05) is 19.8 Å². The summed E-state index contributed by atoms with van der Waals surface area (Å²) in [6.45, 7) is 10.5. The molecular formula is C17H29F2N5. The van der Waals surface area contributed by atoms with E-state index in [1.807, 2.05) is 27.2 Å². The van der Waals surface area contributed by atoms with E-state index in [9.17, 15) is 8.78 Å². The number of nitrogens with zero attached hydrogens (tertiary/aromatic N) is 5. The second kappa shape index (κ2) is 8.89. The minimum absolute atomic E-state index is 0.0614. The maximum atomic E-state index is 12.5. The van der Waals surface area contributed by atoms with Crippen molar-refractivity contribution < 1.29 is 8.78 Å². The first-order chi connectivity index (χ1) is 11.1. The molecule has 2 rings (SSSR count). The van der Waals surface area contributed by atoms with Crippen LogP contribution in [0.5, 0.6) is 0 Å². The Kier molecular flexibility index (Phi) is 7.51. The van der Waals surface area contributed by atoms with Gasteiger partial charge < -0.3 is 4.57 Å². The SMILES string of the molecule is CC(C)Cc1nnn(C)c1C(F)F.Cc1c(CC(C)C)ncn1C. The molecule has 0 amide bonds. The van der Waals surface area contributed by atoms with E-state index in [0.29, 0.717) is 24.0 Å². The standard InChI is InChI=1S/C9H16N2.C8H13F2N3/c1-7(2)5-9-8(3)11(4)6-10-9;1-5(2)4-6-7(8(9)10)13(3)12-11-6/h6-7H,5H2,1-4H3;5,8H,4H2,1-3H3. The third-order valence-corrected chi connectivity index (χ3v) is 3.69. The Balaban J connectivity index is 0.000000243. The Bertz CT molecular complexity index is 629. The topological polar surface area (TPSA) is 48.5 Å². The lowest BCUT2D eigenvalue weighted by atomic mass is 10.1. The molecule has 0 aliphatic heterocycles. The maximum Gasteiger partial charge on any atom is 0.281 e. The molecule has 0 N–H and O–H groups in total. The molecule has 2 aromatic rings. The van der Waals surface area contributed by atoms with Crippen molar-refractivity contribution in [1.82, 2.24) is 24.5 Å². The Morgan fingerprint density at radius 2 is 1.54 bits per heavy atom. The van der Waals surface area contributed by atoms with Crippen LogP contribution >= 0.6 is 0 Å². The van der Waals surface area contributed by atoms with Gasteiger partial charge in [-0.25, -0.2) is 18.4 Å². The molecule has 0 aromatic carbocycles. The van der Waals surface area contributed by atoms with Crippen molar-refractivity contribution in [2.45, 2.75) is 53.9 Å². The third-order valence-electron chi connectivity index (χ3n) is 3.69. The predicted molar refractivity (Wildman–Crippen MR) is 91.0 cm³/mol. The number of hydrogen-bond acceptors (Lipinski definition) is 3. The van der Waals surface area contributed by atoms with Gasteiger partial charge in [0.05, 0.1) is 17.7 Å². The van der Waals surface area contributed by atoms with Crippen molar-refractivity contribution in [2.24, 2.45) is 25.9 Å². The fourth-order valence-electron chi connectivity index (χ4n) is 2.33. The van der Waals surface area contributed by atoms with Gasteiger partial charge in [-0.3, -0.25) is 0 Å². The molecule has 0 unspecified atom stereocenters. The van der Waals surface area contributed by atoms with E-state index in [2.05, 4.69) is 40.6 Å². The van der Waals surface area contributed by atoms with Gasteiger partial charge in [-0.15, -0.1) is 5.10 Å².